The minimum absolute atomic E-state index is 0.549. The molecule has 0 bridgehead atoms. The third-order valence-corrected chi connectivity index (χ3v) is 3.69. The first-order chi connectivity index (χ1) is 7.84. The maximum atomic E-state index is 4.45. The lowest BCUT2D eigenvalue weighted by Crippen LogP contribution is -2.31. The van der Waals surface area contributed by atoms with Crippen LogP contribution in [-0.2, 0) is 0 Å². The summed E-state index contributed by atoms with van der Waals surface area (Å²) in [5, 5.41) is 3.44. The van der Waals surface area contributed by atoms with Gasteiger partial charge in [0.05, 0.1) is 17.4 Å². The van der Waals surface area contributed by atoms with Crippen molar-refractivity contribution in [1.82, 2.24) is 14.9 Å². The Bertz CT molecular complexity index is 500. The van der Waals surface area contributed by atoms with E-state index < -0.39 is 0 Å². The number of imidazole rings is 1. The maximum Gasteiger partial charge on any atom is 0.0961 e. The number of piperidine rings is 1. The van der Waals surface area contributed by atoms with Gasteiger partial charge >= 0.3 is 0 Å². The first-order valence-corrected chi connectivity index (χ1v) is 6.47. The molecule has 1 aliphatic heterocycles. The molecule has 84 valence electrons. The molecule has 1 unspecified atom stereocenters. The van der Waals surface area contributed by atoms with Crippen LogP contribution in [0.15, 0.2) is 29.0 Å². The molecular weight excluding hydrogens is 266 g/mol. The van der Waals surface area contributed by atoms with Crippen LogP contribution in [0.2, 0.25) is 0 Å². The van der Waals surface area contributed by atoms with Gasteiger partial charge in [0.2, 0.25) is 0 Å². The van der Waals surface area contributed by atoms with Crippen molar-refractivity contribution in [3.8, 4) is 0 Å². The molecule has 0 amide bonds. The third-order valence-electron chi connectivity index (χ3n) is 3.20. The molecule has 1 aliphatic rings. The minimum Gasteiger partial charge on any atom is -0.326 e. The van der Waals surface area contributed by atoms with Crippen molar-refractivity contribution in [1.29, 1.82) is 0 Å². The number of nitrogens with one attached hydrogen (secondary N) is 1. The largest absolute Gasteiger partial charge is 0.326 e. The van der Waals surface area contributed by atoms with Crippen molar-refractivity contribution in [2.24, 2.45) is 0 Å². The van der Waals surface area contributed by atoms with Crippen molar-refractivity contribution >= 4 is 27.0 Å². The summed E-state index contributed by atoms with van der Waals surface area (Å²) in [6, 6.07) is 6.80. The molecule has 1 N–H and O–H groups in total. The molecule has 0 radical (unpaired) electrons. The van der Waals surface area contributed by atoms with E-state index in [-0.39, 0.29) is 0 Å². The average molecular weight is 280 g/mol. The molecule has 1 atom stereocenters. The van der Waals surface area contributed by atoms with Crippen LogP contribution >= 0.6 is 15.9 Å². The fourth-order valence-corrected chi connectivity index (χ4v) is 2.71. The van der Waals surface area contributed by atoms with E-state index in [4.69, 9.17) is 0 Å². The van der Waals surface area contributed by atoms with Gasteiger partial charge in [-0.25, -0.2) is 4.98 Å². The highest BCUT2D eigenvalue weighted by Crippen LogP contribution is 2.24. The van der Waals surface area contributed by atoms with Crippen molar-refractivity contribution in [2.45, 2.75) is 18.9 Å². The van der Waals surface area contributed by atoms with E-state index in [2.05, 4.69) is 42.9 Å². The lowest BCUT2D eigenvalue weighted by atomic mass is 10.1. The summed E-state index contributed by atoms with van der Waals surface area (Å²) in [6.07, 6.45) is 4.46. The molecule has 16 heavy (non-hydrogen) atoms. The molecule has 1 aromatic heterocycles. The molecule has 1 aromatic carbocycles. The maximum absolute atomic E-state index is 4.45. The quantitative estimate of drug-likeness (QED) is 0.870. The van der Waals surface area contributed by atoms with Gasteiger partial charge in [0.1, 0.15) is 0 Å². The highest BCUT2D eigenvalue weighted by Gasteiger charge is 2.16. The number of fused-ring (bicyclic) bond motifs is 1. The van der Waals surface area contributed by atoms with Gasteiger partial charge in [-0.2, -0.15) is 0 Å². The summed E-state index contributed by atoms with van der Waals surface area (Å²) in [4.78, 5) is 4.45. The zero-order chi connectivity index (χ0) is 11.0. The van der Waals surface area contributed by atoms with Crippen LogP contribution in [0.5, 0.6) is 0 Å². The molecule has 3 nitrogen and oxygen atoms in total. The third kappa shape index (κ3) is 1.76. The van der Waals surface area contributed by atoms with Crippen molar-refractivity contribution in [2.75, 3.05) is 13.1 Å². The van der Waals surface area contributed by atoms with Gasteiger partial charge in [-0.3, -0.25) is 0 Å². The predicted octanol–water partition coefficient (Wildman–Crippen LogP) is 2.72. The van der Waals surface area contributed by atoms with Gasteiger partial charge in [-0.15, -0.1) is 0 Å². The van der Waals surface area contributed by atoms with E-state index >= 15 is 0 Å². The normalized spacial score (nSPS) is 21.4. The minimum atomic E-state index is 0.549. The fraction of sp³-hybridized carbons (Fsp3) is 0.417. The second-order valence-electron chi connectivity index (χ2n) is 4.29. The number of hydrogen-bond acceptors (Lipinski definition) is 2. The Morgan fingerprint density at radius 2 is 2.38 bits per heavy atom. The smallest absolute Gasteiger partial charge is 0.0961 e. The average Bonchev–Trinajstić information content (AvgIpc) is 2.73. The van der Waals surface area contributed by atoms with E-state index in [1.54, 1.807) is 0 Å². The summed E-state index contributed by atoms with van der Waals surface area (Å²) in [5.74, 6) is 0. The number of halogens is 1. The molecule has 0 saturated carbocycles. The van der Waals surface area contributed by atoms with Gasteiger partial charge < -0.3 is 9.88 Å². The Balaban J connectivity index is 2.05. The Hall–Kier alpha value is -0.870. The first kappa shape index (κ1) is 10.3. The molecule has 1 saturated heterocycles. The van der Waals surface area contributed by atoms with E-state index in [9.17, 15) is 0 Å². The van der Waals surface area contributed by atoms with Crippen molar-refractivity contribution in [3.63, 3.8) is 0 Å². The zero-order valence-electron chi connectivity index (χ0n) is 8.99. The number of rotatable bonds is 1. The predicted molar refractivity (Wildman–Crippen MR) is 68.6 cm³/mol. The number of hydrogen-bond donors (Lipinski definition) is 1. The SMILES string of the molecule is Brc1ccc2ncn(C3CCCNC3)c2c1. The van der Waals surface area contributed by atoms with Crippen LogP contribution in [0.3, 0.4) is 0 Å². The lowest BCUT2D eigenvalue weighted by Gasteiger charge is -2.24. The van der Waals surface area contributed by atoms with Crippen LogP contribution in [0.1, 0.15) is 18.9 Å². The summed E-state index contributed by atoms with van der Waals surface area (Å²) in [5.41, 5.74) is 2.30. The van der Waals surface area contributed by atoms with Gasteiger partial charge in [0.25, 0.3) is 0 Å². The molecule has 3 rings (SSSR count). The molecule has 0 aliphatic carbocycles. The second kappa shape index (κ2) is 4.18. The number of aromatic nitrogens is 2. The Kier molecular flexibility index (Phi) is 2.69. The summed E-state index contributed by atoms with van der Waals surface area (Å²) in [6.45, 7) is 2.20. The van der Waals surface area contributed by atoms with Gasteiger partial charge in [-0.05, 0) is 37.6 Å². The van der Waals surface area contributed by atoms with Crippen LogP contribution in [0, 0.1) is 0 Å². The molecule has 2 heterocycles. The monoisotopic (exact) mass is 279 g/mol. The van der Waals surface area contributed by atoms with Crippen LogP contribution < -0.4 is 5.32 Å². The Morgan fingerprint density at radius 1 is 1.44 bits per heavy atom. The standard InChI is InChI=1S/C12H14BrN3/c13-9-3-4-11-12(6-9)16(8-15-11)10-2-1-5-14-7-10/h3-4,6,8,10,14H,1-2,5,7H2. The highest BCUT2D eigenvalue weighted by atomic mass is 79.9. The van der Waals surface area contributed by atoms with E-state index in [0.29, 0.717) is 6.04 Å². The van der Waals surface area contributed by atoms with E-state index in [1.807, 2.05) is 12.4 Å². The fourth-order valence-electron chi connectivity index (χ4n) is 2.36. The molecule has 0 spiro atoms. The topological polar surface area (TPSA) is 29.9 Å². The van der Waals surface area contributed by atoms with Gasteiger partial charge in [-0.1, -0.05) is 15.9 Å². The Morgan fingerprint density at radius 3 is 3.19 bits per heavy atom. The summed E-state index contributed by atoms with van der Waals surface area (Å²) < 4.78 is 3.41. The van der Waals surface area contributed by atoms with Crippen LogP contribution in [0.25, 0.3) is 11.0 Å². The molecule has 1 fully saturated rings. The van der Waals surface area contributed by atoms with Crippen LogP contribution in [0.4, 0.5) is 0 Å². The van der Waals surface area contributed by atoms with Crippen molar-refractivity contribution in [3.05, 3.63) is 29.0 Å². The first-order valence-electron chi connectivity index (χ1n) is 5.67. The highest BCUT2D eigenvalue weighted by molar-refractivity contribution is 9.10. The second-order valence-corrected chi connectivity index (χ2v) is 5.20. The number of nitrogens with zero attached hydrogens (tertiary/aromatic N) is 2. The number of benzene rings is 1. The summed E-state index contributed by atoms with van der Waals surface area (Å²) in [7, 11) is 0. The lowest BCUT2D eigenvalue weighted by molar-refractivity contribution is 0.378. The molecule has 2 aromatic rings. The molecule has 4 heteroatoms. The Labute approximate surface area is 103 Å². The van der Waals surface area contributed by atoms with Crippen LogP contribution in [-0.4, -0.2) is 22.6 Å². The van der Waals surface area contributed by atoms with Gasteiger partial charge in [0, 0.05) is 17.1 Å². The van der Waals surface area contributed by atoms with E-state index in [0.717, 1.165) is 23.1 Å². The van der Waals surface area contributed by atoms with Gasteiger partial charge in [0.15, 0.2) is 0 Å². The zero-order valence-corrected chi connectivity index (χ0v) is 10.6. The summed E-state index contributed by atoms with van der Waals surface area (Å²) >= 11 is 3.52. The molecular formula is C12H14BrN3. The van der Waals surface area contributed by atoms with E-state index in [1.165, 1.54) is 18.4 Å². The van der Waals surface area contributed by atoms with Crippen molar-refractivity contribution < 1.29 is 0 Å².